The van der Waals surface area contributed by atoms with Crippen molar-refractivity contribution in [1.29, 1.82) is 0 Å². The van der Waals surface area contributed by atoms with E-state index in [9.17, 15) is 0 Å². The Labute approximate surface area is 328 Å². The van der Waals surface area contributed by atoms with E-state index in [4.69, 9.17) is 9.97 Å². The summed E-state index contributed by atoms with van der Waals surface area (Å²) in [5.41, 5.74) is 12.5. The molecule has 0 aliphatic heterocycles. The van der Waals surface area contributed by atoms with Crippen LogP contribution in [0.3, 0.4) is 0 Å². The third-order valence-electron chi connectivity index (χ3n) is 11.4. The summed E-state index contributed by atoms with van der Waals surface area (Å²) in [6.07, 6.45) is 1.98. The van der Waals surface area contributed by atoms with E-state index >= 15 is 0 Å². The van der Waals surface area contributed by atoms with Gasteiger partial charge in [-0.15, -0.1) is 0 Å². The minimum atomic E-state index is 0.807. The monoisotopic (exact) mass is 727 g/mol. The first-order valence-corrected chi connectivity index (χ1v) is 19.3. The second-order valence-corrected chi connectivity index (χ2v) is 14.7. The van der Waals surface area contributed by atoms with Crippen LogP contribution in [0.4, 0.5) is 0 Å². The van der Waals surface area contributed by atoms with Crippen molar-refractivity contribution in [3.8, 4) is 39.6 Å². The average Bonchev–Trinajstić information content (AvgIpc) is 3.94. The molecule has 8 aromatic carbocycles. The first-order chi connectivity index (χ1) is 28.3. The molecular weight excluding hydrogens is 695 g/mol. The molecule has 0 saturated heterocycles. The molecule has 0 N–H and O–H groups in total. The van der Waals surface area contributed by atoms with E-state index in [0.29, 0.717) is 0 Å². The van der Waals surface area contributed by atoms with Gasteiger partial charge in [0.05, 0.1) is 22.1 Å². The van der Waals surface area contributed by atoms with Gasteiger partial charge >= 0.3 is 0 Å². The molecule has 0 unspecified atom stereocenters. The van der Waals surface area contributed by atoms with Crippen LogP contribution in [0.15, 0.2) is 200 Å². The molecule has 5 heteroatoms. The number of aromatic nitrogens is 5. The molecule has 266 valence electrons. The van der Waals surface area contributed by atoms with Gasteiger partial charge in [-0.25, -0.2) is 9.97 Å². The van der Waals surface area contributed by atoms with Crippen molar-refractivity contribution in [1.82, 2.24) is 23.7 Å². The second-order valence-electron chi connectivity index (χ2n) is 14.7. The molecular formula is C52H33N5. The maximum Gasteiger partial charge on any atom is 0.164 e. The number of benzene rings is 8. The van der Waals surface area contributed by atoms with Crippen molar-refractivity contribution in [3.05, 3.63) is 200 Å². The van der Waals surface area contributed by atoms with E-state index in [1.807, 2.05) is 6.20 Å². The Kier molecular flexibility index (Phi) is 6.86. The van der Waals surface area contributed by atoms with Crippen LogP contribution in [-0.2, 0) is 0 Å². The van der Waals surface area contributed by atoms with Gasteiger partial charge in [0, 0.05) is 55.9 Å². The van der Waals surface area contributed by atoms with Crippen LogP contribution in [0.1, 0.15) is 0 Å². The summed E-state index contributed by atoms with van der Waals surface area (Å²) < 4.78 is 7.01. The van der Waals surface area contributed by atoms with E-state index in [1.54, 1.807) is 0 Å². The smallest absolute Gasteiger partial charge is 0.164 e. The number of hydrogen-bond acceptors (Lipinski definition) is 2. The highest BCUT2D eigenvalue weighted by Crippen LogP contribution is 2.39. The summed E-state index contributed by atoms with van der Waals surface area (Å²) >= 11 is 0. The zero-order valence-electron chi connectivity index (χ0n) is 30.8. The van der Waals surface area contributed by atoms with Gasteiger partial charge in [0.1, 0.15) is 11.3 Å². The summed E-state index contributed by atoms with van der Waals surface area (Å²) in [6.45, 7) is 0. The third-order valence-corrected chi connectivity index (χ3v) is 11.4. The fraction of sp³-hybridized carbons (Fsp3) is 0. The number of nitrogens with zero attached hydrogens (tertiary/aromatic N) is 5. The predicted molar refractivity (Wildman–Crippen MR) is 236 cm³/mol. The minimum absolute atomic E-state index is 0.807. The van der Waals surface area contributed by atoms with Gasteiger partial charge in [0.15, 0.2) is 5.65 Å². The van der Waals surface area contributed by atoms with Crippen LogP contribution < -0.4 is 0 Å². The van der Waals surface area contributed by atoms with Crippen LogP contribution in [0, 0.1) is 0 Å². The normalized spacial score (nSPS) is 11.9. The van der Waals surface area contributed by atoms with Crippen molar-refractivity contribution in [3.63, 3.8) is 0 Å². The fourth-order valence-electron chi connectivity index (χ4n) is 8.89. The first-order valence-electron chi connectivity index (χ1n) is 19.3. The van der Waals surface area contributed by atoms with Crippen molar-refractivity contribution in [2.75, 3.05) is 0 Å². The van der Waals surface area contributed by atoms with Gasteiger partial charge in [-0.1, -0.05) is 127 Å². The lowest BCUT2D eigenvalue weighted by Crippen LogP contribution is -2.03. The Morgan fingerprint density at radius 1 is 0.333 bits per heavy atom. The van der Waals surface area contributed by atoms with Crippen LogP contribution in [-0.4, -0.2) is 23.7 Å². The summed E-state index contributed by atoms with van der Waals surface area (Å²) in [7, 11) is 0. The van der Waals surface area contributed by atoms with Crippen molar-refractivity contribution in [2.45, 2.75) is 0 Å². The summed E-state index contributed by atoms with van der Waals surface area (Å²) in [5, 5.41) is 7.30. The molecule has 0 atom stereocenters. The third kappa shape index (κ3) is 4.89. The van der Waals surface area contributed by atoms with E-state index < -0.39 is 0 Å². The van der Waals surface area contributed by atoms with Crippen molar-refractivity contribution in [2.24, 2.45) is 0 Å². The van der Waals surface area contributed by atoms with Crippen molar-refractivity contribution < 1.29 is 0 Å². The number of para-hydroxylation sites is 5. The highest BCUT2D eigenvalue weighted by atomic mass is 15.1. The molecule has 4 heterocycles. The Morgan fingerprint density at radius 3 is 1.42 bits per heavy atom. The second kappa shape index (κ2) is 12.4. The molecule has 0 spiro atoms. The zero-order valence-corrected chi connectivity index (χ0v) is 30.8. The molecule has 4 aromatic heterocycles. The largest absolute Gasteiger partial charge is 0.309 e. The van der Waals surface area contributed by atoms with Crippen LogP contribution >= 0.6 is 0 Å². The Balaban J connectivity index is 1.17. The number of imidazole rings is 1. The first kappa shape index (κ1) is 31.6. The number of hydrogen-bond donors (Lipinski definition) is 0. The molecule has 57 heavy (non-hydrogen) atoms. The molecule has 0 aliphatic carbocycles. The van der Waals surface area contributed by atoms with Crippen LogP contribution in [0.25, 0.3) is 105 Å². The number of fused-ring (bicyclic) bond motifs is 8. The lowest BCUT2D eigenvalue weighted by molar-refractivity contribution is 1.07. The average molecular weight is 728 g/mol. The van der Waals surface area contributed by atoms with Gasteiger partial charge in [-0.2, -0.15) is 0 Å². The Bertz CT molecular complexity index is 3290. The highest BCUT2D eigenvalue weighted by Gasteiger charge is 2.21. The van der Waals surface area contributed by atoms with Gasteiger partial charge in [0.2, 0.25) is 0 Å². The molecule has 12 aromatic rings. The van der Waals surface area contributed by atoms with E-state index in [1.165, 1.54) is 32.3 Å². The molecule has 0 fully saturated rings. The zero-order chi connectivity index (χ0) is 37.5. The molecule has 0 radical (unpaired) electrons. The van der Waals surface area contributed by atoms with E-state index in [-0.39, 0.29) is 0 Å². The Morgan fingerprint density at radius 2 is 0.842 bits per heavy atom. The van der Waals surface area contributed by atoms with Crippen molar-refractivity contribution >= 4 is 65.5 Å². The minimum Gasteiger partial charge on any atom is -0.309 e. The number of pyridine rings is 1. The fourth-order valence-corrected chi connectivity index (χ4v) is 8.89. The van der Waals surface area contributed by atoms with Gasteiger partial charge in [0.25, 0.3) is 0 Å². The highest BCUT2D eigenvalue weighted by molar-refractivity contribution is 6.10. The summed E-state index contributed by atoms with van der Waals surface area (Å²) in [4.78, 5) is 10.6. The lowest BCUT2D eigenvalue weighted by atomic mass is 10.0. The standard InChI is InChI=1S/C52H33N5/c1-2-16-39(17-3-1)57-51(54-46-31-38(33-53-52(46)57)36-27-26-34-14-4-5-15-35(34)28-36)37-29-40(55-47-22-10-6-18-42(47)43-19-7-11-23-48(43)55)32-41(30-37)56-49-24-12-8-20-44(49)45-21-9-13-25-50(45)56/h1-33H. The quantitative estimate of drug-likeness (QED) is 0.177. The summed E-state index contributed by atoms with van der Waals surface area (Å²) in [5.74, 6) is 0.823. The molecule has 0 saturated carbocycles. The molecule has 12 rings (SSSR count). The molecule has 5 nitrogen and oxygen atoms in total. The van der Waals surface area contributed by atoms with Gasteiger partial charge < -0.3 is 9.13 Å². The van der Waals surface area contributed by atoms with Crippen LogP contribution in [0.5, 0.6) is 0 Å². The summed E-state index contributed by atoms with van der Waals surface area (Å²) in [6, 6.07) is 69.4. The topological polar surface area (TPSA) is 40.6 Å². The number of rotatable bonds is 5. The molecule has 0 amide bonds. The predicted octanol–water partition coefficient (Wildman–Crippen LogP) is 13.1. The SMILES string of the molecule is c1ccc(-n2c(-c3cc(-n4c5ccccc5c5ccccc54)cc(-n4c5ccccc5c5ccccc54)c3)nc3cc(-c4ccc5ccccc5c4)cnc32)cc1. The maximum atomic E-state index is 5.48. The maximum absolute atomic E-state index is 5.48. The van der Waals surface area contributed by atoms with E-state index in [0.717, 1.165) is 72.8 Å². The van der Waals surface area contributed by atoms with E-state index in [2.05, 4.69) is 208 Å². The van der Waals surface area contributed by atoms with Gasteiger partial charge in [-0.05, 0) is 83.1 Å². The molecule has 0 bridgehead atoms. The molecule has 0 aliphatic rings. The van der Waals surface area contributed by atoms with Crippen LogP contribution in [0.2, 0.25) is 0 Å². The van der Waals surface area contributed by atoms with Gasteiger partial charge in [-0.3, -0.25) is 4.57 Å². The lowest BCUT2D eigenvalue weighted by Gasteiger charge is -2.16. The Hall–Kier alpha value is -7.76.